The standard InChI is InChI=1S/C14H11ClO2S/c1-11-6-8-13(9-7-11)18(16,17)10-12-4-2-3-5-14(12)15/h2-9H,1H3. The van der Waals surface area contributed by atoms with Crippen LogP contribution in [0.15, 0.2) is 53.4 Å². The molecular weight excluding hydrogens is 268 g/mol. The molecule has 0 aromatic heterocycles. The highest BCUT2D eigenvalue weighted by Crippen LogP contribution is 2.23. The Morgan fingerprint density at radius 2 is 1.61 bits per heavy atom. The van der Waals surface area contributed by atoms with Crippen molar-refractivity contribution in [1.29, 1.82) is 0 Å². The van der Waals surface area contributed by atoms with Crippen molar-refractivity contribution in [2.45, 2.75) is 11.8 Å². The van der Waals surface area contributed by atoms with E-state index < -0.39 is 9.84 Å². The number of rotatable bonds is 3. The largest absolute Gasteiger partial charge is 0.223 e. The van der Waals surface area contributed by atoms with Crippen molar-refractivity contribution in [3.05, 3.63) is 70.4 Å². The van der Waals surface area contributed by atoms with E-state index in [0.717, 1.165) is 5.56 Å². The summed E-state index contributed by atoms with van der Waals surface area (Å²) in [4.78, 5) is 0.216. The van der Waals surface area contributed by atoms with Crippen LogP contribution in [0.5, 0.6) is 0 Å². The lowest BCUT2D eigenvalue weighted by molar-refractivity contribution is 0.602. The molecule has 0 saturated carbocycles. The topological polar surface area (TPSA) is 34.1 Å². The molecule has 4 heteroatoms. The Kier molecular flexibility index (Phi) is 3.73. The average Bonchev–Trinajstić information content (AvgIpc) is 2.32. The number of hydrogen-bond acceptors (Lipinski definition) is 2. The molecule has 0 atom stereocenters. The molecule has 0 amide bonds. The normalized spacial score (nSPS) is 11.4. The predicted molar refractivity (Wildman–Crippen MR) is 72.2 cm³/mol. The van der Waals surface area contributed by atoms with Crippen LogP contribution in [0.3, 0.4) is 0 Å². The summed E-state index contributed by atoms with van der Waals surface area (Å²) in [6.45, 7) is 1.90. The number of aryl methyl sites for hydroxylation is 1. The van der Waals surface area contributed by atoms with Gasteiger partial charge in [-0.15, -0.1) is 0 Å². The lowest BCUT2D eigenvalue weighted by Crippen LogP contribution is -2.03. The first-order chi connectivity index (χ1) is 8.49. The fraction of sp³-hybridized carbons (Fsp3) is 0.0714. The maximum absolute atomic E-state index is 12.1. The van der Waals surface area contributed by atoms with E-state index in [1.807, 2.05) is 6.92 Å². The van der Waals surface area contributed by atoms with Gasteiger partial charge in [-0.3, -0.25) is 0 Å². The van der Waals surface area contributed by atoms with Gasteiger partial charge in [-0.05, 0) is 30.7 Å². The molecule has 2 nitrogen and oxygen atoms in total. The summed E-state index contributed by atoms with van der Waals surface area (Å²) in [6, 6.07) is 13.3. The monoisotopic (exact) mass is 278 g/mol. The third kappa shape index (κ3) is 2.92. The Morgan fingerprint density at radius 1 is 1.00 bits per heavy atom. The quantitative estimate of drug-likeness (QED) is 0.861. The van der Waals surface area contributed by atoms with Gasteiger partial charge in [0, 0.05) is 5.02 Å². The summed E-state index contributed by atoms with van der Waals surface area (Å²) in [5, 5.41) is 0.369. The molecule has 92 valence electrons. The second-order valence-corrected chi connectivity index (χ2v) is 5.99. The van der Waals surface area contributed by atoms with Gasteiger partial charge in [0.25, 0.3) is 0 Å². The second-order valence-electron chi connectivity index (χ2n) is 3.90. The lowest BCUT2D eigenvalue weighted by Gasteiger charge is -2.05. The lowest BCUT2D eigenvalue weighted by atomic mass is 10.2. The Balaban J connectivity index is 2.33. The molecule has 0 unspecified atom stereocenters. The van der Waals surface area contributed by atoms with Crippen molar-refractivity contribution in [3.8, 4) is 0 Å². The molecule has 2 aromatic rings. The van der Waals surface area contributed by atoms with Gasteiger partial charge in [-0.1, -0.05) is 47.5 Å². The maximum atomic E-state index is 12.1. The van der Waals surface area contributed by atoms with E-state index in [4.69, 9.17) is 11.6 Å². The minimum atomic E-state index is -3.59. The summed E-state index contributed by atoms with van der Waals surface area (Å²) in [5.41, 5.74) is 1.38. The minimum Gasteiger partial charge on any atom is -0.223 e. The van der Waals surface area contributed by atoms with Crippen molar-refractivity contribution >= 4 is 21.4 Å². The van der Waals surface area contributed by atoms with Crippen molar-refractivity contribution in [2.75, 3.05) is 0 Å². The summed E-state index contributed by atoms with van der Waals surface area (Å²) in [7, 11) is -3.59. The Hall–Kier alpha value is -1.32. The first-order valence-electron chi connectivity index (χ1n) is 5.33. The van der Waals surface area contributed by atoms with Crippen LogP contribution in [0.4, 0.5) is 0 Å². The zero-order valence-corrected chi connectivity index (χ0v) is 11.3. The highest BCUT2D eigenvalue weighted by atomic mass is 35.5. The predicted octanol–water partition coefficient (Wildman–Crippen LogP) is 3.51. The fourth-order valence-corrected chi connectivity index (χ4v) is 2.78. The fourth-order valence-electron chi connectivity index (χ4n) is 1.47. The van der Waals surface area contributed by atoms with Crippen LogP contribution in [0, 0.1) is 12.7 Å². The molecule has 0 aliphatic heterocycles. The van der Waals surface area contributed by atoms with Crippen LogP contribution in [-0.2, 0) is 9.84 Å². The van der Waals surface area contributed by atoms with Crippen molar-refractivity contribution in [1.82, 2.24) is 0 Å². The van der Waals surface area contributed by atoms with Crippen LogP contribution < -0.4 is 0 Å². The number of halogens is 1. The molecule has 0 aliphatic rings. The molecule has 2 radical (unpaired) electrons. The third-order valence-electron chi connectivity index (χ3n) is 2.45. The van der Waals surface area contributed by atoms with Gasteiger partial charge in [0.05, 0.1) is 4.90 Å². The van der Waals surface area contributed by atoms with Crippen LogP contribution in [0.2, 0.25) is 5.02 Å². The first kappa shape index (κ1) is 13.1. The molecule has 0 spiro atoms. The van der Waals surface area contributed by atoms with Crippen molar-refractivity contribution in [3.63, 3.8) is 0 Å². The maximum Gasteiger partial charge on any atom is 0.192 e. The Labute approximate surface area is 112 Å². The van der Waals surface area contributed by atoms with E-state index in [1.54, 1.807) is 48.5 Å². The van der Waals surface area contributed by atoms with E-state index in [9.17, 15) is 8.42 Å². The number of hydrogen-bond donors (Lipinski definition) is 0. The molecule has 0 N–H and O–H groups in total. The third-order valence-corrected chi connectivity index (χ3v) is 4.16. The summed E-state index contributed by atoms with van der Waals surface area (Å²) in [5.74, 6) is 2.46. The smallest absolute Gasteiger partial charge is 0.192 e. The highest BCUT2D eigenvalue weighted by molar-refractivity contribution is 7.93. The van der Waals surface area contributed by atoms with Crippen LogP contribution >= 0.6 is 11.6 Å². The van der Waals surface area contributed by atoms with Gasteiger partial charge in [-0.25, -0.2) is 8.42 Å². The highest BCUT2D eigenvalue weighted by Gasteiger charge is 2.18. The van der Waals surface area contributed by atoms with Crippen LogP contribution in [0.1, 0.15) is 11.1 Å². The number of benzene rings is 2. The molecule has 0 fully saturated rings. The zero-order valence-electron chi connectivity index (χ0n) is 9.72. The van der Waals surface area contributed by atoms with E-state index in [0.29, 0.717) is 10.6 Å². The summed E-state index contributed by atoms with van der Waals surface area (Å²) < 4.78 is 24.2. The Bertz CT molecular complexity index is 646. The van der Waals surface area contributed by atoms with Gasteiger partial charge in [0.15, 0.2) is 15.6 Å². The molecule has 0 heterocycles. The van der Waals surface area contributed by atoms with Gasteiger partial charge in [-0.2, -0.15) is 0 Å². The van der Waals surface area contributed by atoms with Gasteiger partial charge in [0.2, 0.25) is 0 Å². The molecule has 2 aromatic carbocycles. The first-order valence-corrected chi connectivity index (χ1v) is 7.19. The molecule has 0 bridgehead atoms. The minimum absolute atomic E-state index is 0.216. The van der Waals surface area contributed by atoms with E-state index >= 15 is 0 Å². The van der Waals surface area contributed by atoms with Gasteiger partial charge >= 0.3 is 0 Å². The Morgan fingerprint density at radius 3 is 2.22 bits per heavy atom. The molecule has 0 aliphatic carbocycles. The van der Waals surface area contributed by atoms with Crippen LogP contribution in [0.25, 0.3) is 0 Å². The summed E-state index contributed by atoms with van der Waals surface area (Å²) in [6.07, 6.45) is 0. The van der Waals surface area contributed by atoms with Gasteiger partial charge < -0.3 is 0 Å². The second kappa shape index (κ2) is 5.12. The molecular formula is C14H11ClO2S. The molecule has 18 heavy (non-hydrogen) atoms. The number of sulfone groups is 1. The van der Waals surface area contributed by atoms with E-state index in [1.165, 1.54) is 0 Å². The van der Waals surface area contributed by atoms with E-state index in [-0.39, 0.29) is 4.90 Å². The SMILES string of the molecule is Cc1ccc(S(=O)(=O)[C]c2ccccc2Cl)cc1. The van der Waals surface area contributed by atoms with Crippen LogP contribution in [-0.4, -0.2) is 8.42 Å². The average molecular weight is 279 g/mol. The van der Waals surface area contributed by atoms with Crippen molar-refractivity contribution < 1.29 is 8.42 Å². The van der Waals surface area contributed by atoms with Gasteiger partial charge in [0.1, 0.15) is 0 Å². The zero-order chi connectivity index (χ0) is 13.2. The molecule has 2 rings (SSSR count). The van der Waals surface area contributed by atoms with E-state index in [2.05, 4.69) is 5.75 Å². The summed E-state index contributed by atoms with van der Waals surface area (Å²) >= 11 is 5.92. The molecule has 0 saturated heterocycles. The van der Waals surface area contributed by atoms with Crippen molar-refractivity contribution in [2.24, 2.45) is 0 Å².